The Balaban J connectivity index is 1.98. The number of rotatable bonds is 6. The number of carboxylic acids is 1. The van der Waals surface area contributed by atoms with Gasteiger partial charge in [-0.2, -0.15) is 4.31 Å². The number of hydrogen-bond acceptors (Lipinski definition) is 4. The van der Waals surface area contributed by atoms with E-state index in [0.717, 1.165) is 31.2 Å². The van der Waals surface area contributed by atoms with Crippen molar-refractivity contribution in [2.75, 3.05) is 7.05 Å². The monoisotopic (exact) mass is 517 g/mol. The van der Waals surface area contributed by atoms with Gasteiger partial charge in [0.25, 0.3) is 0 Å². The van der Waals surface area contributed by atoms with E-state index in [4.69, 9.17) is 16.3 Å². The average Bonchev–Trinajstić information content (AvgIpc) is 3.30. The third-order valence-electron chi connectivity index (χ3n) is 6.25. The van der Waals surface area contributed by atoms with Crippen LogP contribution >= 0.6 is 11.6 Å². The largest absolute Gasteiger partial charge is 0.478 e. The highest BCUT2D eigenvalue weighted by molar-refractivity contribution is 7.89. The van der Waals surface area contributed by atoms with E-state index in [9.17, 15) is 18.3 Å². The molecule has 1 N–H and O–H groups in total. The van der Waals surface area contributed by atoms with E-state index in [1.54, 1.807) is 64.2 Å². The van der Waals surface area contributed by atoms with Crippen LogP contribution in [-0.2, 0) is 14.8 Å². The predicted molar refractivity (Wildman–Crippen MR) is 137 cm³/mol. The van der Waals surface area contributed by atoms with Crippen LogP contribution in [0.3, 0.4) is 0 Å². The fraction of sp³-hybridized carbons (Fsp3) is 0.444. The minimum atomic E-state index is -3.65. The van der Waals surface area contributed by atoms with Gasteiger partial charge < -0.3 is 9.84 Å². The minimum Gasteiger partial charge on any atom is -0.478 e. The first-order valence-corrected chi connectivity index (χ1v) is 13.4. The number of aliphatic carboxylic acids is 1. The summed E-state index contributed by atoms with van der Waals surface area (Å²) in [6.07, 6.45) is 2.73. The molecule has 0 spiro atoms. The van der Waals surface area contributed by atoms with Crippen molar-refractivity contribution >= 4 is 27.6 Å². The average molecular weight is 518 g/mol. The van der Waals surface area contributed by atoms with Gasteiger partial charge in [-0.05, 0) is 55.7 Å². The zero-order valence-corrected chi connectivity index (χ0v) is 22.3. The van der Waals surface area contributed by atoms with Crippen LogP contribution in [-0.4, -0.2) is 43.0 Å². The van der Waals surface area contributed by atoms with Crippen molar-refractivity contribution in [2.45, 2.75) is 70.4 Å². The van der Waals surface area contributed by atoms with Crippen molar-refractivity contribution in [3.05, 3.63) is 58.1 Å². The summed E-state index contributed by atoms with van der Waals surface area (Å²) >= 11 is 6.18. The lowest BCUT2D eigenvalue weighted by Gasteiger charge is -2.28. The van der Waals surface area contributed by atoms with E-state index < -0.39 is 27.5 Å². The molecule has 0 aromatic heterocycles. The highest BCUT2D eigenvalue weighted by Crippen LogP contribution is 2.30. The number of sulfonamides is 1. The van der Waals surface area contributed by atoms with Gasteiger partial charge in [0.15, 0.2) is 6.10 Å². The molecule has 1 saturated carbocycles. The smallest absolute Gasteiger partial charge is 0.345 e. The Kier molecular flexibility index (Phi) is 8.21. The second-order valence-electron chi connectivity index (χ2n) is 10.0. The van der Waals surface area contributed by atoms with Gasteiger partial charge in [-0.3, -0.25) is 0 Å². The first-order chi connectivity index (χ1) is 16.3. The fourth-order valence-electron chi connectivity index (χ4n) is 4.09. The summed E-state index contributed by atoms with van der Waals surface area (Å²) in [6.45, 7) is 7.21. The molecule has 8 heteroatoms. The maximum atomic E-state index is 13.2. The Labute approximate surface area is 213 Å². The summed E-state index contributed by atoms with van der Waals surface area (Å²) in [6, 6.07) is 9.77. The molecule has 6 nitrogen and oxygen atoms in total. The molecule has 1 aliphatic carbocycles. The molecule has 2 aromatic rings. The Morgan fingerprint density at radius 3 is 2.34 bits per heavy atom. The third-order valence-corrected chi connectivity index (χ3v) is 8.40. The molecule has 3 rings (SSSR count). The maximum Gasteiger partial charge on any atom is 0.345 e. The first kappa shape index (κ1) is 27.1. The van der Waals surface area contributed by atoms with Crippen LogP contribution in [0.2, 0.25) is 5.02 Å². The van der Waals surface area contributed by atoms with Crippen LogP contribution in [0, 0.1) is 24.2 Å². The lowest BCUT2D eigenvalue weighted by atomic mass is 9.89. The lowest BCUT2D eigenvalue weighted by molar-refractivity contribution is -0.150. The normalized spacial score (nSPS) is 15.5. The number of carboxylic acid groups (broad SMARTS) is 1. The number of benzene rings is 2. The van der Waals surface area contributed by atoms with Crippen LogP contribution in [0.1, 0.15) is 63.1 Å². The highest BCUT2D eigenvalue weighted by Gasteiger charge is 2.34. The second-order valence-corrected chi connectivity index (χ2v) is 12.5. The van der Waals surface area contributed by atoms with Crippen molar-refractivity contribution in [3.63, 3.8) is 0 Å². The molecule has 0 amide bonds. The van der Waals surface area contributed by atoms with Gasteiger partial charge in [-0.25, -0.2) is 13.2 Å². The molecule has 0 radical (unpaired) electrons. The van der Waals surface area contributed by atoms with E-state index in [1.165, 1.54) is 4.31 Å². The van der Waals surface area contributed by atoms with Gasteiger partial charge in [0.1, 0.15) is 5.75 Å². The number of halogens is 1. The van der Waals surface area contributed by atoms with Crippen LogP contribution in [0.25, 0.3) is 0 Å². The minimum absolute atomic E-state index is 0.0204. The SMILES string of the molecule is Cc1ccc(S(=O)(=O)N(C)C2CCCC2)cc1C#Cc1cc(Cl)ccc1OC(C(=O)O)C(C)(C)C. The van der Waals surface area contributed by atoms with E-state index in [2.05, 4.69) is 11.8 Å². The molecule has 1 aliphatic rings. The molecule has 1 unspecified atom stereocenters. The van der Waals surface area contributed by atoms with Gasteiger partial charge in [0, 0.05) is 29.1 Å². The van der Waals surface area contributed by atoms with E-state index in [1.807, 2.05) is 6.92 Å². The van der Waals surface area contributed by atoms with Gasteiger partial charge in [0.05, 0.1) is 10.5 Å². The Morgan fingerprint density at radius 1 is 1.11 bits per heavy atom. The lowest BCUT2D eigenvalue weighted by Crippen LogP contribution is -2.39. The van der Waals surface area contributed by atoms with Gasteiger partial charge in [-0.15, -0.1) is 0 Å². The number of aryl methyl sites for hydroxylation is 1. The standard InChI is InChI=1S/C27H32ClNO5S/c1-18-10-14-23(35(32,33)29(5)22-8-6-7-9-22)17-19(18)11-12-20-16-21(28)13-15-24(20)34-25(26(30)31)27(2,3)4/h10,13-17,22,25H,6-9H2,1-5H3,(H,30,31). The Hall–Kier alpha value is -2.53. The molecular weight excluding hydrogens is 486 g/mol. The van der Waals surface area contributed by atoms with Crippen molar-refractivity contribution < 1.29 is 23.1 Å². The molecule has 1 atom stereocenters. The van der Waals surface area contributed by atoms with E-state index in [0.29, 0.717) is 21.9 Å². The Morgan fingerprint density at radius 2 is 1.74 bits per heavy atom. The summed E-state index contributed by atoms with van der Waals surface area (Å²) < 4.78 is 33.8. The molecule has 0 bridgehead atoms. The molecule has 0 heterocycles. The predicted octanol–water partition coefficient (Wildman–Crippen LogP) is 5.49. The zero-order chi connectivity index (χ0) is 26.0. The molecule has 35 heavy (non-hydrogen) atoms. The summed E-state index contributed by atoms with van der Waals surface area (Å²) in [5, 5.41) is 10.1. The van der Waals surface area contributed by atoms with Crippen molar-refractivity contribution in [3.8, 4) is 17.6 Å². The number of nitrogens with zero attached hydrogens (tertiary/aromatic N) is 1. The molecule has 2 aromatic carbocycles. The van der Waals surface area contributed by atoms with Crippen molar-refractivity contribution in [1.82, 2.24) is 4.31 Å². The Bertz CT molecular complexity index is 1260. The molecule has 0 aliphatic heterocycles. The molecule has 188 valence electrons. The van der Waals surface area contributed by atoms with E-state index >= 15 is 0 Å². The zero-order valence-electron chi connectivity index (χ0n) is 20.8. The number of hydrogen-bond donors (Lipinski definition) is 1. The van der Waals surface area contributed by atoms with Gasteiger partial charge >= 0.3 is 5.97 Å². The fourth-order valence-corrected chi connectivity index (χ4v) is 5.70. The second kappa shape index (κ2) is 10.6. The molecule has 1 fully saturated rings. The van der Waals surface area contributed by atoms with Gasteiger partial charge in [0.2, 0.25) is 10.0 Å². The van der Waals surface area contributed by atoms with Crippen molar-refractivity contribution in [2.24, 2.45) is 5.41 Å². The van der Waals surface area contributed by atoms with Crippen LogP contribution < -0.4 is 4.74 Å². The van der Waals surface area contributed by atoms with Crippen LogP contribution in [0.5, 0.6) is 5.75 Å². The van der Waals surface area contributed by atoms with E-state index in [-0.39, 0.29) is 10.9 Å². The van der Waals surface area contributed by atoms with Crippen molar-refractivity contribution in [1.29, 1.82) is 0 Å². The third kappa shape index (κ3) is 6.38. The quantitative estimate of drug-likeness (QED) is 0.512. The molecule has 0 saturated heterocycles. The van der Waals surface area contributed by atoms with Crippen LogP contribution in [0.4, 0.5) is 0 Å². The highest BCUT2D eigenvalue weighted by atomic mass is 35.5. The van der Waals surface area contributed by atoms with Gasteiger partial charge in [-0.1, -0.05) is 63.1 Å². The topological polar surface area (TPSA) is 83.9 Å². The summed E-state index contributed by atoms with van der Waals surface area (Å²) in [5.74, 6) is 5.27. The number of ether oxygens (including phenoxy) is 1. The number of carbonyl (C=O) groups is 1. The summed E-state index contributed by atoms with van der Waals surface area (Å²) in [4.78, 5) is 12.0. The first-order valence-electron chi connectivity index (χ1n) is 11.6. The maximum absolute atomic E-state index is 13.2. The summed E-state index contributed by atoms with van der Waals surface area (Å²) in [5.41, 5.74) is 1.15. The van der Waals surface area contributed by atoms with Crippen LogP contribution in [0.15, 0.2) is 41.3 Å². The molecular formula is C27H32ClNO5S. The summed E-state index contributed by atoms with van der Waals surface area (Å²) in [7, 11) is -2.01.